The first kappa shape index (κ1) is 25.3. The molecule has 0 aliphatic rings. The molecule has 0 saturated carbocycles. The second-order valence-electron chi connectivity index (χ2n) is 6.21. The highest BCUT2D eigenvalue weighted by atomic mass is 16.4. The maximum atomic E-state index is 12.0. The molecule has 0 bridgehead atoms. The Hall–Kier alpha value is -2.73. The summed E-state index contributed by atoms with van der Waals surface area (Å²) < 4.78 is 0. The molecular formula is C16H28N4O8. The Bertz CT molecular complexity index is 569. The highest BCUT2D eigenvalue weighted by Crippen LogP contribution is 1.96. The second-order valence-corrected chi connectivity index (χ2v) is 6.21. The summed E-state index contributed by atoms with van der Waals surface area (Å²) in [6, 6.07) is 0. The van der Waals surface area contributed by atoms with Gasteiger partial charge in [-0.25, -0.2) is 4.79 Å². The summed E-state index contributed by atoms with van der Waals surface area (Å²) in [4.78, 5) is 59.2. The number of nitrogens with one attached hydrogen (secondary N) is 2. The zero-order valence-electron chi connectivity index (χ0n) is 16.0. The number of hydrogen-bond donors (Lipinski definition) is 5. The van der Waals surface area contributed by atoms with E-state index in [-0.39, 0.29) is 45.6 Å². The van der Waals surface area contributed by atoms with E-state index in [2.05, 4.69) is 10.6 Å². The van der Waals surface area contributed by atoms with Gasteiger partial charge in [-0.3, -0.25) is 29.0 Å². The maximum absolute atomic E-state index is 12.0. The van der Waals surface area contributed by atoms with Crippen molar-refractivity contribution in [2.45, 2.75) is 32.4 Å². The molecule has 0 radical (unpaired) electrons. The SMILES string of the molecule is CCCC(=O)NC(NC(=O)CCN(CCN(C)CC(=O)O)CC(=O)O)C(=O)O. The van der Waals surface area contributed by atoms with E-state index in [9.17, 15) is 24.0 Å². The molecule has 0 spiro atoms. The molecule has 160 valence electrons. The highest BCUT2D eigenvalue weighted by molar-refractivity contribution is 5.87. The molecule has 12 heteroatoms. The summed E-state index contributed by atoms with van der Waals surface area (Å²) in [6.07, 6.45) is -1.12. The summed E-state index contributed by atoms with van der Waals surface area (Å²) in [5.74, 6) is -4.73. The van der Waals surface area contributed by atoms with Gasteiger partial charge in [0.2, 0.25) is 18.0 Å². The van der Waals surface area contributed by atoms with Gasteiger partial charge in [0.1, 0.15) is 0 Å². The molecule has 12 nitrogen and oxygen atoms in total. The average molecular weight is 404 g/mol. The normalized spacial score (nSPS) is 11.9. The first-order chi connectivity index (χ1) is 13.0. The molecule has 0 aromatic carbocycles. The Morgan fingerprint density at radius 2 is 1.36 bits per heavy atom. The van der Waals surface area contributed by atoms with Crippen LogP contribution in [-0.2, 0) is 24.0 Å². The first-order valence-electron chi connectivity index (χ1n) is 8.71. The molecule has 0 saturated heterocycles. The molecule has 0 aliphatic heterocycles. The van der Waals surface area contributed by atoms with Crippen molar-refractivity contribution in [3.8, 4) is 0 Å². The third kappa shape index (κ3) is 12.6. The quantitative estimate of drug-likeness (QED) is 0.196. The van der Waals surface area contributed by atoms with Crippen LogP contribution < -0.4 is 10.6 Å². The van der Waals surface area contributed by atoms with Crippen LogP contribution in [0.25, 0.3) is 0 Å². The predicted molar refractivity (Wildman–Crippen MR) is 96.4 cm³/mol. The summed E-state index contributed by atoms with van der Waals surface area (Å²) in [5, 5.41) is 31.1. The van der Waals surface area contributed by atoms with E-state index in [1.807, 2.05) is 0 Å². The van der Waals surface area contributed by atoms with Crippen molar-refractivity contribution >= 4 is 29.7 Å². The molecule has 0 rings (SSSR count). The number of rotatable bonds is 15. The van der Waals surface area contributed by atoms with E-state index >= 15 is 0 Å². The summed E-state index contributed by atoms with van der Waals surface area (Å²) in [6.45, 7) is 1.68. The van der Waals surface area contributed by atoms with Gasteiger partial charge in [-0.15, -0.1) is 0 Å². The fourth-order valence-electron chi connectivity index (χ4n) is 2.20. The van der Waals surface area contributed by atoms with Crippen molar-refractivity contribution < 1.29 is 39.3 Å². The number of carbonyl (C=O) groups excluding carboxylic acids is 2. The smallest absolute Gasteiger partial charge is 0.347 e. The summed E-state index contributed by atoms with van der Waals surface area (Å²) in [7, 11) is 1.57. The van der Waals surface area contributed by atoms with Crippen molar-refractivity contribution in [1.82, 2.24) is 20.4 Å². The average Bonchev–Trinajstić information content (AvgIpc) is 2.55. The monoisotopic (exact) mass is 404 g/mol. The van der Waals surface area contributed by atoms with Gasteiger partial charge in [-0.1, -0.05) is 6.92 Å². The highest BCUT2D eigenvalue weighted by Gasteiger charge is 2.22. The molecule has 2 amide bonds. The molecule has 0 aromatic rings. The molecule has 5 N–H and O–H groups in total. The number of hydrogen-bond acceptors (Lipinski definition) is 7. The Kier molecular flexibility index (Phi) is 12.1. The van der Waals surface area contributed by atoms with Gasteiger partial charge in [0.05, 0.1) is 13.1 Å². The van der Waals surface area contributed by atoms with Crippen LogP contribution in [0.2, 0.25) is 0 Å². The standard InChI is InChI=1S/C16H28N4O8/c1-3-4-11(21)17-15(16(27)28)18-12(22)5-6-20(10-14(25)26)8-7-19(2)9-13(23)24/h15H,3-10H2,1-2H3,(H,17,21)(H,18,22)(H,23,24)(H,25,26)(H,27,28). The lowest BCUT2D eigenvalue weighted by Gasteiger charge is -2.23. The number of carboxylic acid groups (broad SMARTS) is 3. The van der Waals surface area contributed by atoms with Gasteiger partial charge in [0, 0.05) is 32.5 Å². The van der Waals surface area contributed by atoms with Crippen LogP contribution in [0.1, 0.15) is 26.2 Å². The van der Waals surface area contributed by atoms with Gasteiger partial charge in [-0.2, -0.15) is 0 Å². The number of nitrogens with zero attached hydrogens (tertiary/aromatic N) is 2. The Balaban J connectivity index is 4.61. The Morgan fingerprint density at radius 3 is 1.82 bits per heavy atom. The van der Waals surface area contributed by atoms with Crippen molar-refractivity contribution in [3.05, 3.63) is 0 Å². The number of carboxylic acids is 3. The zero-order valence-corrected chi connectivity index (χ0v) is 16.0. The molecule has 0 aromatic heterocycles. The van der Waals surface area contributed by atoms with Gasteiger partial charge in [-0.05, 0) is 13.5 Å². The topological polar surface area (TPSA) is 177 Å². The van der Waals surface area contributed by atoms with Gasteiger partial charge in [0.25, 0.3) is 0 Å². The number of aliphatic carboxylic acids is 3. The van der Waals surface area contributed by atoms with Gasteiger partial charge in [0.15, 0.2) is 0 Å². The van der Waals surface area contributed by atoms with E-state index < -0.39 is 35.9 Å². The third-order valence-corrected chi connectivity index (χ3v) is 3.55. The minimum absolute atomic E-state index is 0.0221. The minimum Gasteiger partial charge on any atom is -0.480 e. The van der Waals surface area contributed by atoms with E-state index in [0.29, 0.717) is 6.42 Å². The molecule has 0 heterocycles. The second kappa shape index (κ2) is 13.4. The molecule has 28 heavy (non-hydrogen) atoms. The van der Waals surface area contributed by atoms with E-state index in [4.69, 9.17) is 15.3 Å². The number of likely N-dealkylation sites (N-methyl/N-ethyl adjacent to an activating group) is 1. The van der Waals surface area contributed by atoms with E-state index in [0.717, 1.165) is 0 Å². The van der Waals surface area contributed by atoms with Crippen molar-refractivity contribution in [2.75, 3.05) is 39.8 Å². The van der Waals surface area contributed by atoms with Crippen LogP contribution >= 0.6 is 0 Å². The predicted octanol–water partition coefficient (Wildman–Crippen LogP) is -1.78. The minimum atomic E-state index is -1.57. The fourth-order valence-corrected chi connectivity index (χ4v) is 2.20. The lowest BCUT2D eigenvalue weighted by Crippen LogP contribution is -2.53. The lowest BCUT2D eigenvalue weighted by atomic mass is 10.3. The Labute approximate surface area is 162 Å². The molecule has 1 unspecified atom stereocenters. The van der Waals surface area contributed by atoms with Crippen molar-refractivity contribution in [2.24, 2.45) is 0 Å². The van der Waals surface area contributed by atoms with Crippen molar-refractivity contribution in [3.63, 3.8) is 0 Å². The van der Waals surface area contributed by atoms with Crippen LogP contribution in [0.3, 0.4) is 0 Å². The first-order valence-corrected chi connectivity index (χ1v) is 8.71. The zero-order chi connectivity index (χ0) is 21.7. The van der Waals surface area contributed by atoms with Crippen LogP contribution in [0.5, 0.6) is 0 Å². The molecule has 1 atom stereocenters. The van der Waals surface area contributed by atoms with Gasteiger partial charge >= 0.3 is 17.9 Å². The van der Waals surface area contributed by atoms with Crippen LogP contribution in [0.15, 0.2) is 0 Å². The number of amides is 2. The van der Waals surface area contributed by atoms with Crippen LogP contribution in [0, 0.1) is 0 Å². The molecular weight excluding hydrogens is 376 g/mol. The third-order valence-electron chi connectivity index (χ3n) is 3.55. The van der Waals surface area contributed by atoms with Crippen molar-refractivity contribution in [1.29, 1.82) is 0 Å². The number of carbonyl (C=O) groups is 5. The fraction of sp³-hybridized carbons (Fsp3) is 0.688. The largest absolute Gasteiger partial charge is 0.480 e. The maximum Gasteiger partial charge on any atom is 0.347 e. The van der Waals surface area contributed by atoms with E-state index in [1.165, 1.54) is 9.80 Å². The molecule has 0 aliphatic carbocycles. The lowest BCUT2D eigenvalue weighted by molar-refractivity contribution is -0.145. The van der Waals surface area contributed by atoms with Crippen LogP contribution in [0.4, 0.5) is 0 Å². The molecule has 0 fully saturated rings. The van der Waals surface area contributed by atoms with Crippen LogP contribution in [-0.4, -0.2) is 101 Å². The van der Waals surface area contributed by atoms with E-state index in [1.54, 1.807) is 14.0 Å². The Morgan fingerprint density at radius 1 is 0.821 bits per heavy atom. The van der Waals surface area contributed by atoms with Gasteiger partial charge < -0.3 is 26.0 Å². The summed E-state index contributed by atoms with van der Waals surface area (Å²) >= 11 is 0. The summed E-state index contributed by atoms with van der Waals surface area (Å²) in [5.41, 5.74) is 0.